The van der Waals surface area contributed by atoms with Crippen molar-refractivity contribution in [3.05, 3.63) is 129 Å². The maximum atomic E-state index is 6.28. The second-order valence-electron chi connectivity index (χ2n) is 19.3. The topological polar surface area (TPSA) is 52.0 Å². The summed E-state index contributed by atoms with van der Waals surface area (Å²) in [5.74, 6) is 1.65. The molecule has 1 aliphatic rings. The summed E-state index contributed by atoms with van der Waals surface area (Å²) in [5, 5.41) is 0. The zero-order valence-corrected chi connectivity index (χ0v) is 39.1. The molecule has 4 aromatic carbocycles. The van der Waals surface area contributed by atoms with Gasteiger partial charge in [-0.25, -0.2) is 0 Å². The van der Waals surface area contributed by atoms with Crippen molar-refractivity contribution in [1.82, 2.24) is 0 Å². The van der Waals surface area contributed by atoms with Crippen molar-refractivity contribution in [3.8, 4) is 0 Å². The number of hydrogen-bond acceptors (Lipinski definition) is 2. The molecule has 1 fully saturated rings. The molecule has 1 aliphatic carbocycles. The Morgan fingerprint density at radius 1 is 0.467 bits per heavy atom. The van der Waals surface area contributed by atoms with E-state index in [2.05, 4.69) is 120 Å². The van der Waals surface area contributed by atoms with Crippen molar-refractivity contribution in [2.75, 3.05) is 11.5 Å². The van der Waals surface area contributed by atoms with Gasteiger partial charge in [-0.3, -0.25) is 0 Å². The molecule has 2 heteroatoms. The Hall–Kier alpha value is -3.52. The Morgan fingerprint density at radius 2 is 0.833 bits per heavy atom. The van der Waals surface area contributed by atoms with Gasteiger partial charge in [0.2, 0.25) is 0 Å². The van der Waals surface area contributed by atoms with Crippen LogP contribution in [0.4, 0.5) is 11.4 Å². The minimum atomic E-state index is 0.0488. The molecule has 4 aromatic rings. The molecule has 0 spiro atoms. The first-order chi connectivity index (χ1) is 29.3. The van der Waals surface area contributed by atoms with Crippen molar-refractivity contribution in [2.24, 2.45) is 5.92 Å². The molecule has 0 heterocycles. The van der Waals surface area contributed by atoms with Crippen molar-refractivity contribution in [1.29, 1.82) is 0 Å². The molecule has 0 bridgehead atoms. The SMILES string of the molecule is CCCCCCCCCC(c1ccc(C2(c3ccc(C(CCCCCCCCC)c4ccc(N)cc4C)cc3)CCC(CCCCCC)CC2)cc1)c1ccc(N)cc1C. The van der Waals surface area contributed by atoms with Crippen molar-refractivity contribution < 1.29 is 0 Å². The monoisotopic (exact) mass is 811 g/mol. The number of anilines is 2. The Balaban J connectivity index is 1.42. The average Bonchev–Trinajstić information content (AvgIpc) is 3.26. The highest BCUT2D eigenvalue weighted by Crippen LogP contribution is 2.49. The minimum absolute atomic E-state index is 0.0488. The molecule has 0 radical (unpaired) electrons. The Labute approximate surface area is 369 Å². The van der Waals surface area contributed by atoms with E-state index in [0.717, 1.165) is 17.3 Å². The highest BCUT2D eigenvalue weighted by atomic mass is 14.5. The van der Waals surface area contributed by atoms with Crippen LogP contribution in [-0.2, 0) is 5.41 Å². The zero-order chi connectivity index (χ0) is 42.6. The summed E-state index contributed by atoms with van der Waals surface area (Å²) < 4.78 is 0. The first-order valence-corrected chi connectivity index (χ1v) is 25.2. The van der Waals surface area contributed by atoms with Gasteiger partial charge in [0.1, 0.15) is 0 Å². The van der Waals surface area contributed by atoms with Crippen LogP contribution in [0.25, 0.3) is 0 Å². The molecule has 0 aromatic heterocycles. The van der Waals surface area contributed by atoms with Crippen LogP contribution >= 0.6 is 0 Å². The molecule has 5 rings (SSSR count). The number of benzene rings is 4. The third kappa shape index (κ3) is 13.7. The van der Waals surface area contributed by atoms with Crippen molar-refractivity contribution in [2.45, 2.75) is 212 Å². The smallest absolute Gasteiger partial charge is 0.0316 e. The van der Waals surface area contributed by atoms with Crippen LogP contribution in [0.2, 0.25) is 0 Å². The van der Waals surface area contributed by atoms with Crippen LogP contribution in [0.5, 0.6) is 0 Å². The van der Waals surface area contributed by atoms with Crippen molar-refractivity contribution in [3.63, 3.8) is 0 Å². The lowest BCUT2D eigenvalue weighted by Crippen LogP contribution is -2.33. The van der Waals surface area contributed by atoms with E-state index in [4.69, 9.17) is 11.5 Å². The van der Waals surface area contributed by atoms with Crippen LogP contribution in [0.1, 0.15) is 238 Å². The van der Waals surface area contributed by atoms with Gasteiger partial charge in [0.05, 0.1) is 0 Å². The normalized spacial score (nSPS) is 17.8. The van der Waals surface area contributed by atoms with Crippen LogP contribution in [-0.4, -0.2) is 0 Å². The quantitative estimate of drug-likeness (QED) is 0.0466. The fourth-order valence-corrected chi connectivity index (χ4v) is 10.9. The fourth-order valence-electron chi connectivity index (χ4n) is 10.9. The molecular weight excluding hydrogens is 725 g/mol. The highest BCUT2D eigenvalue weighted by Gasteiger charge is 2.38. The summed E-state index contributed by atoms with van der Waals surface area (Å²) in [6.45, 7) is 11.5. The molecule has 2 unspecified atom stereocenters. The Bertz CT molecular complexity index is 1660. The van der Waals surface area contributed by atoms with Gasteiger partial charge in [0, 0.05) is 28.6 Å². The second kappa shape index (κ2) is 25.4. The Kier molecular flexibility index (Phi) is 20.1. The predicted molar refractivity (Wildman–Crippen MR) is 264 cm³/mol. The van der Waals surface area contributed by atoms with E-state index in [-0.39, 0.29) is 5.41 Å². The minimum Gasteiger partial charge on any atom is -0.399 e. The van der Waals surface area contributed by atoms with E-state index in [1.54, 1.807) is 0 Å². The van der Waals surface area contributed by atoms with Gasteiger partial charge in [-0.1, -0.05) is 203 Å². The molecular formula is C58H86N2. The van der Waals surface area contributed by atoms with E-state index in [9.17, 15) is 0 Å². The molecule has 4 N–H and O–H groups in total. The summed E-state index contributed by atoms with van der Waals surface area (Å²) in [4.78, 5) is 0. The van der Waals surface area contributed by atoms with Gasteiger partial charge >= 0.3 is 0 Å². The highest BCUT2D eigenvalue weighted by molar-refractivity contribution is 5.51. The summed E-state index contributed by atoms with van der Waals surface area (Å²) in [6.07, 6.45) is 33.1. The van der Waals surface area contributed by atoms with Crippen LogP contribution in [0.3, 0.4) is 0 Å². The third-order valence-corrected chi connectivity index (χ3v) is 14.7. The summed E-state index contributed by atoms with van der Waals surface area (Å²) in [6, 6.07) is 33.4. The first-order valence-electron chi connectivity index (χ1n) is 25.2. The van der Waals surface area contributed by atoms with Gasteiger partial charge in [-0.05, 0) is 127 Å². The first kappa shape index (κ1) is 47.5. The van der Waals surface area contributed by atoms with E-state index in [1.807, 2.05) is 0 Å². The molecule has 0 amide bonds. The zero-order valence-electron chi connectivity index (χ0n) is 39.1. The predicted octanol–water partition coefficient (Wildman–Crippen LogP) is 17.5. The molecule has 328 valence electrons. The molecule has 0 saturated heterocycles. The summed E-state index contributed by atoms with van der Waals surface area (Å²) in [5.41, 5.74) is 25.8. The van der Waals surface area contributed by atoms with E-state index < -0.39 is 0 Å². The number of nitrogen functional groups attached to an aromatic ring is 2. The Morgan fingerprint density at radius 3 is 1.22 bits per heavy atom. The molecule has 2 atom stereocenters. The number of hydrogen-bond donors (Lipinski definition) is 2. The third-order valence-electron chi connectivity index (χ3n) is 14.7. The van der Waals surface area contributed by atoms with Crippen LogP contribution in [0, 0.1) is 19.8 Å². The van der Waals surface area contributed by atoms with Gasteiger partial charge in [-0.15, -0.1) is 0 Å². The van der Waals surface area contributed by atoms with E-state index in [1.165, 1.54) is 205 Å². The summed E-state index contributed by atoms with van der Waals surface area (Å²) in [7, 11) is 0. The summed E-state index contributed by atoms with van der Waals surface area (Å²) >= 11 is 0. The lowest BCUT2D eigenvalue weighted by atomic mass is 9.62. The number of rotatable bonds is 27. The number of nitrogens with two attached hydrogens (primary N) is 2. The van der Waals surface area contributed by atoms with Crippen LogP contribution < -0.4 is 11.5 Å². The maximum absolute atomic E-state index is 6.28. The second-order valence-corrected chi connectivity index (χ2v) is 19.3. The molecule has 60 heavy (non-hydrogen) atoms. The van der Waals surface area contributed by atoms with Gasteiger partial charge in [0.15, 0.2) is 0 Å². The lowest BCUT2D eigenvalue weighted by molar-refractivity contribution is 0.250. The maximum Gasteiger partial charge on any atom is 0.0316 e. The van der Waals surface area contributed by atoms with Crippen molar-refractivity contribution >= 4 is 11.4 Å². The van der Waals surface area contributed by atoms with Gasteiger partial charge < -0.3 is 11.5 Å². The average molecular weight is 811 g/mol. The van der Waals surface area contributed by atoms with Crippen LogP contribution in [0.15, 0.2) is 84.9 Å². The molecule has 1 saturated carbocycles. The lowest BCUT2D eigenvalue weighted by Gasteiger charge is -2.42. The van der Waals surface area contributed by atoms with E-state index in [0.29, 0.717) is 11.8 Å². The largest absolute Gasteiger partial charge is 0.399 e. The van der Waals surface area contributed by atoms with E-state index >= 15 is 0 Å². The molecule has 2 nitrogen and oxygen atoms in total. The van der Waals surface area contributed by atoms with Gasteiger partial charge in [-0.2, -0.15) is 0 Å². The van der Waals surface area contributed by atoms with Gasteiger partial charge in [0.25, 0.3) is 0 Å². The standard InChI is InChI=1S/C58H86N2/c1-6-9-12-15-17-19-22-25-56(54-37-35-52(59)43-45(54)4)48-27-31-50(32-28-48)58(41-39-47(40-42-58)24-21-14-11-8-3)51-33-29-49(30-34-51)57(26-23-20-18-16-13-10-7-2)55-38-36-53(60)44-46(55)5/h27-38,43-44,47,56-57H,6-26,39-42,59-60H2,1-5H3. The molecule has 0 aliphatic heterocycles. The number of unbranched alkanes of at least 4 members (excludes halogenated alkanes) is 15. The number of aryl methyl sites for hydroxylation is 2. The fraction of sp³-hybridized carbons (Fsp3) is 0.586.